The van der Waals surface area contributed by atoms with E-state index >= 15 is 0 Å². The van der Waals surface area contributed by atoms with E-state index in [2.05, 4.69) is 5.32 Å². The van der Waals surface area contributed by atoms with Gasteiger partial charge in [0.15, 0.2) is 0 Å². The van der Waals surface area contributed by atoms with E-state index in [4.69, 9.17) is 4.74 Å². The highest BCUT2D eigenvalue weighted by atomic mass is 16.5. The van der Waals surface area contributed by atoms with Gasteiger partial charge >= 0.3 is 0 Å². The van der Waals surface area contributed by atoms with Gasteiger partial charge in [-0.05, 0) is 44.4 Å². The first-order valence-corrected chi connectivity index (χ1v) is 8.50. The Labute approximate surface area is 128 Å². The number of amides is 1. The summed E-state index contributed by atoms with van der Waals surface area (Å²) in [5, 5.41) is 12.3. The Morgan fingerprint density at radius 1 is 1.24 bits per heavy atom. The molecule has 4 nitrogen and oxygen atoms in total. The summed E-state index contributed by atoms with van der Waals surface area (Å²) >= 11 is 0. The van der Waals surface area contributed by atoms with E-state index in [0.717, 1.165) is 24.7 Å². The molecule has 21 heavy (non-hydrogen) atoms. The van der Waals surface area contributed by atoms with Gasteiger partial charge in [-0.2, -0.15) is 0 Å². The van der Waals surface area contributed by atoms with Crippen molar-refractivity contribution in [3.05, 3.63) is 0 Å². The number of rotatable bonds is 6. The fourth-order valence-corrected chi connectivity index (χ4v) is 4.25. The van der Waals surface area contributed by atoms with E-state index in [0.29, 0.717) is 13.0 Å². The lowest BCUT2D eigenvalue weighted by molar-refractivity contribution is -0.130. The maximum absolute atomic E-state index is 12.6. The van der Waals surface area contributed by atoms with Crippen molar-refractivity contribution in [3.8, 4) is 0 Å². The monoisotopic (exact) mass is 297 g/mol. The van der Waals surface area contributed by atoms with E-state index in [1.165, 1.54) is 32.1 Å². The van der Waals surface area contributed by atoms with Gasteiger partial charge in [0.05, 0.1) is 12.1 Å². The standard InChI is InChI=1S/C17H31NO3/c1-17(9-10-19,12-21-2)18-16(20)15-8-7-13-5-3-4-6-14(13)11-15/h13-15,19H,3-12H2,1-2H3,(H,18,20). The Morgan fingerprint density at radius 3 is 2.62 bits per heavy atom. The number of ether oxygens (including phenoxy) is 1. The summed E-state index contributed by atoms with van der Waals surface area (Å²) in [6, 6.07) is 0. The van der Waals surface area contributed by atoms with Crippen molar-refractivity contribution >= 4 is 5.91 Å². The second kappa shape index (κ2) is 7.59. The molecular formula is C17H31NO3. The number of carbonyl (C=O) groups is 1. The SMILES string of the molecule is COCC(C)(CCO)NC(=O)C1CCC2CCCCC2C1. The fraction of sp³-hybridized carbons (Fsp3) is 0.941. The molecule has 0 aromatic heterocycles. The summed E-state index contributed by atoms with van der Waals surface area (Å²) in [6.45, 7) is 2.46. The molecule has 0 bridgehead atoms. The third-order valence-electron chi connectivity index (χ3n) is 5.46. The predicted molar refractivity (Wildman–Crippen MR) is 82.9 cm³/mol. The molecule has 2 aliphatic carbocycles. The number of fused-ring (bicyclic) bond motifs is 1. The largest absolute Gasteiger partial charge is 0.396 e. The molecule has 4 unspecified atom stereocenters. The molecular weight excluding hydrogens is 266 g/mol. The van der Waals surface area contributed by atoms with E-state index in [-0.39, 0.29) is 18.4 Å². The molecule has 2 N–H and O–H groups in total. The molecule has 0 saturated heterocycles. The molecule has 0 aromatic rings. The van der Waals surface area contributed by atoms with Gasteiger partial charge in [-0.1, -0.05) is 25.7 Å². The van der Waals surface area contributed by atoms with E-state index in [9.17, 15) is 9.90 Å². The van der Waals surface area contributed by atoms with Crippen molar-refractivity contribution in [2.45, 2.75) is 63.8 Å². The summed E-state index contributed by atoms with van der Waals surface area (Å²) < 4.78 is 5.21. The van der Waals surface area contributed by atoms with Crippen LogP contribution < -0.4 is 5.32 Å². The first-order chi connectivity index (χ1) is 10.1. The number of carbonyl (C=O) groups excluding carboxylic acids is 1. The van der Waals surface area contributed by atoms with Gasteiger partial charge in [0.1, 0.15) is 0 Å². The van der Waals surface area contributed by atoms with E-state index in [1.54, 1.807) is 7.11 Å². The van der Waals surface area contributed by atoms with Gasteiger partial charge in [-0.25, -0.2) is 0 Å². The first-order valence-electron chi connectivity index (χ1n) is 8.50. The molecule has 1 amide bonds. The van der Waals surface area contributed by atoms with Crippen LogP contribution >= 0.6 is 0 Å². The summed E-state index contributed by atoms with van der Waals surface area (Å²) in [5.74, 6) is 1.94. The van der Waals surface area contributed by atoms with Crippen molar-refractivity contribution in [1.29, 1.82) is 0 Å². The number of aliphatic hydroxyl groups excluding tert-OH is 1. The average molecular weight is 297 g/mol. The van der Waals surface area contributed by atoms with Gasteiger partial charge in [-0.3, -0.25) is 4.79 Å². The molecule has 0 aliphatic heterocycles. The van der Waals surface area contributed by atoms with Crippen molar-refractivity contribution in [3.63, 3.8) is 0 Å². The average Bonchev–Trinajstić information content (AvgIpc) is 2.47. The van der Waals surface area contributed by atoms with Crippen LogP contribution in [0.4, 0.5) is 0 Å². The van der Waals surface area contributed by atoms with Crippen molar-refractivity contribution in [2.24, 2.45) is 17.8 Å². The van der Waals surface area contributed by atoms with Crippen LogP contribution in [0, 0.1) is 17.8 Å². The smallest absolute Gasteiger partial charge is 0.223 e. The van der Waals surface area contributed by atoms with Crippen molar-refractivity contribution < 1.29 is 14.6 Å². The summed E-state index contributed by atoms with van der Waals surface area (Å²) in [5.41, 5.74) is -0.454. The number of hydrogen-bond donors (Lipinski definition) is 2. The number of methoxy groups -OCH3 is 1. The molecule has 2 rings (SSSR count). The molecule has 0 aromatic carbocycles. The summed E-state index contributed by atoms with van der Waals surface area (Å²) in [7, 11) is 1.63. The van der Waals surface area contributed by atoms with Crippen LogP contribution in [0.2, 0.25) is 0 Å². The number of aliphatic hydroxyl groups is 1. The van der Waals surface area contributed by atoms with Gasteiger partial charge in [0, 0.05) is 19.6 Å². The van der Waals surface area contributed by atoms with Crippen LogP contribution in [0.1, 0.15) is 58.3 Å². The molecule has 2 aliphatic rings. The Morgan fingerprint density at radius 2 is 1.95 bits per heavy atom. The zero-order chi connectivity index (χ0) is 15.3. The van der Waals surface area contributed by atoms with Gasteiger partial charge < -0.3 is 15.2 Å². The second-order valence-electron chi connectivity index (χ2n) is 7.27. The minimum atomic E-state index is -0.454. The van der Waals surface area contributed by atoms with E-state index < -0.39 is 5.54 Å². The molecule has 0 radical (unpaired) electrons. The Kier molecular flexibility index (Phi) is 6.06. The lowest BCUT2D eigenvalue weighted by Crippen LogP contribution is -2.52. The molecule has 4 atom stereocenters. The lowest BCUT2D eigenvalue weighted by Gasteiger charge is -2.40. The Hall–Kier alpha value is -0.610. The second-order valence-corrected chi connectivity index (χ2v) is 7.27. The first kappa shape index (κ1) is 16.8. The van der Waals surface area contributed by atoms with Gasteiger partial charge in [0.25, 0.3) is 0 Å². The van der Waals surface area contributed by atoms with Crippen LogP contribution in [-0.2, 0) is 9.53 Å². The van der Waals surface area contributed by atoms with Crippen LogP contribution in [0.25, 0.3) is 0 Å². The number of hydrogen-bond acceptors (Lipinski definition) is 3. The minimum absolute atomic E-state index is 0.0650. The summed E-state index contributed by atoms with van der Waals surface area (Å²) in [4.78, 5) is 12.6. The quantitative estimate of drug-likeness (QED) is 0.792. The predicted octanol–water partition coefficient (Wildman–Crippen LogP) is 2.50. The Balaban J connectivity index is 1.90. The maximum atomic E-state index is 12.6. The van der Waals surface area contributed by atoms with Crippen LogP contribution in [0.3, 0.4) is 0 Å². The third kappa shape index (κ3) is 4.43. The molecule has 0 heterocycles. The van der Waals surface area contributed by atoms with Crippen molar-refractivity contribution in [1.82, 2.24) is 5.32 Å². The molecule has 0 spiro atoms. The summed E-state index contributed by atoms with van der Waals surface area (Å²) in [6.07, 6.45) is 9.20. The molecule has 2 saturated carbocycles. The normalized spacial score (nSPS) is 32.0. The molecule has 2 fully saturated rings. The highest BCUT2D eigenvalue weighted by Gasteiger charge is 2.37. The molecule has 122 valence electrons. The van der Waals surface area contributed by atoms with Crippen LogP contribution in [-0.4, -0.2) is 36.9 Å². The van der Waals surface area contributed by atoms with Gasteiger partial charge in [-0.15, -0.1) is 0 Å². The third-order valence-corrected chi connectivity index (χ3v) is 5.46. The van der Waals surface area contributed by atoms with Crippen LogP contribution in [0.5, 0.6) is 0 Å². The van der Waals surface area contributed by atoms with Gasteiger partial charge in [0.2, 0.25) is 5.91 Å². The van der Waals surface area contributed by atoms with Crippen molar-refractivity contribution in [2.75, 3.05) is 20.3 Å². The maximum Gasteiger partial charge on any atom is 0.223 e. The topological polar surface area (TPSA) is 58.6 Å². The zero-order valence-electron chi connectivity index (χ0n) is 13.6. The fourth-order valence-electron chi connectivity index (χ4n) is 4.25. The zero-order valence-corrected chi connectivity index (χ0v) is 13.6. The number of nitrogens with one attached hydrogen (secondary N) is 1. The lowest BCUT2D eigenvalue weighted by atomic mass is 9.67. The Bertz CT molecular complexity index is 339. The molecule has 4 heteroatoms. The van der Waals surface area contributed by atoms with E-state index in [1.807, 2.05) is 6.92 Å². The van der Waals surface area contributed by atoms with Crippen LogP contribution in [0.15, 0.2) is 0 Å². The highest BCUT2D eigenvalue weighted by Crippen LogP contribution is 2.42. The highest BCUT2D eigenvalue weighted by molar-refractivity contribution is 5.79. The minimum Gasteiger partial charge on any atom is -0.396 e.